The molecule has 0 bridgehead atoms. The van der Waals surface area contributed by atoms with E-state index in [0.717, 1.165) is 6.07 Å². The smallest absolute Gasteiger partial charge is 0.293 e. The number of hydrogen-bond acceptors (Lipinski definition) is 4. The first-order valence-corrected chi connectivity index (χ1v) is 6.54. The summed E-state index contributed by atoms with van der Waals surface area (Å²) in [6, 6.07) is 10.3. The minimum Gasteiger partial charge on any atom is -0.379 e. The van der Waals surface area contributed by atoms with Crippen molar-refractivity contribution in [3.63, 3.8) is 0 Å². The Labute approximate surface area is 125 Å². The molecule has 2 aromatic rings. The number of nitro groups is 1. The van der Waals surface area contributed by atoms with Crippen LogP contribution in [-0.4, -0.2) is 17.4 Å². The number of nitrogens with zero attached hydrogens (tertiary/aromatic N) is 1. The zero-order chi connectivity index (χ0) is 16.1. The van der Waals surface area contributed by atoms with Gasteiger partial charge in [-0.2, -0.15) is 0 Å². The van der Waals surface area contributed by atoms with Gasteiger partial charge in [-0.25, -0.2) is 4.39 Å². The van der Waals surface area contributed by atoms with E-state index in [9.17, 15) is 19.3 Å². The molecule has 0 radical (unpaired) electrons. The number of nitrogens with two attached hydrogens (primary N) is 1. The maximum atomic E-state index is 13.5. The van der Waals surface area contributed by atoms with E-state index in [1.165, 1.54) is 18.2 Å². The van der Waals surface area contributed by atoms with Crippen LogP contribution in [0.2, 0.25) is 0 Å². The summed E-state index contributed by atoms with van der Waals surface area (Å²) in [5.74, 6) is -1.05. The molecule has 0 aliphatic rings. The fourth-order valence-corrected chi connectivity index (χ4v) is 2.02. The quantitative estimate of drug-likeness (QED) is 0.632. The van der Waals surface area contributed by atoms with Crippen molar-refractivity contribution in [1.29, 1.82) is 0 Å². The van der Waals surface area contributed by atoms with Crippen molar-refractivity contribution in [2.45, 2.75) is 6.42 Å². The molecule has 1 amide bonds. The molecule has 114 valence electrons. The molecule has 0 fully saturated rings. The van der Waals surface area contributed by atoms with E-state index in [1.54, 1.807) is 18.2 Å². The number of carbonyl (C=O) groups is 1. The van der Waals surface area contributed by atoms with Gasteiger partial charge in [0.25, 0.3) is 5.69 Å². The van der Waals surface area contributed by atoms with Gasteiger partial charge in [0.2, 0.25) is 5.91 Å². The van der Waals surface area contributed by atoms with Crippen LogP contribution in [0.3, 0.4) is 0 Å². The van der Waals surface area contributed by atoms with Crippen LogP contribution in [-0.2, 0) is 6.42 Å². The highest BCUT2D eigenvalue weighted by Crippen LogP contribution is 2.25. The Morgan fingerprint density at radius 2 is 2.00 bits per heavy atom. The number of carbonyl (C=O) groups excluding carboxylic acids is 1. The summed E-state index contributed by atoms with van der Waals surface area (Å²) >= 11 is 0. The van der Waals surface area contributed by atoms with Gasteiger partial charge in [0, 0.05) is 18.2 Å². The molecule has 6 nitrogen and oxygen atoms in total. The van der Waals surface area contributed by atoms with E-state index in [1.807, 2.05) is 0 Å². The van der Waals surface area contributed by atoms with Crippen molar-refractivity contribution in [2.24, 2.45) is 5.73 Å². The molecule has 0 aliphatic heterocycles. The van der Waals surface area contributed by atoms with Crippen LogP contribution < -0.4 is 11.1 Å². The zero-order valence-corrected chi connectivity index (χ0v) is 11.6. The first-order valence-electron chi connectivity index (χ1n) is 6.54. The third kappa shape index (κ3) is 3.57. The van der Waals surface area contributed by atoms with Gasteiger partial charge in [0.05, 0.1) is 4.92 Å². The Morgan fingerprint density at radius 3 is 2.64 bits per heavy atom. The first-order chi connectivity index (χ1) is 10.5. The molecule has 0 atom stereocenters. The number of nitro benzene ring substituents is 1. The largest absolute Gasteiger partial charge is 0.379 e. The molecule has 0 spiro atoms. The molecular formula is C15H14FN3O3. The maximum absolute atomic E-state index is 13.5. The SMILES string of the molecule is NC(=O)c1ccc(NCCc2ccccc2F)c([N+](=O)[O-])c1. The summed E-state index contributed by atoms with van der Waals surface area (Å²) in [6.45, 7) is 0.317. The van der Waals surface area contributed by atoms with E-state index in [0.29, 0.717) is 18.5 Å². The fraction of sp³-hybridized carbons (Fsp3) is 0.133. The topological polar surface area (TPSA) is 98.3 Å². The Kier molecular flexibility index (Phi) is 4.67. The molecule has 0 unspecified atom stereocenters. The van der Waals surface area contributed by atoms with Crippen LogP contribution in [0.5, 0.6) is 0 Å². The lowest BCUT2D eigenvalue weighted by atomic mass is 10.1. The number of primary amides is 1. The lowest BCUT2D eigenvalue weighted by Crippen LogP contribution is -2.12. The summed E-state index contributed by atoms with van der Waals surface area (Å²) in [4.78, 5) is 21.5. The van der Waals surface area contributed by atoms with Crippen LogP contribution in [0.1, 0.15) is 15.9 Å². The number of halogens is 1. The van der Waals surface area contributed by atoms with Gasteiger partial charge in [-0.05, 0) is 30.2 Å². The van der Waals surface area contributed by atoms with Crippen molar-refractivity contribution in [2.75, 3.05) is 11.9 Å². The number of nitrogens with one attached hydrogen (secondary N) is 1. The molecule has 2 rings (SSSR count). The average Bonchev–Trinajstić information content (AvgIpc) is 2.49. The summed E-state index contributed by atoms with van der Waals surface area (Å²) in [5, 5.41) is 13.9. The number of amides is 1. The van der Waals surface area contributed by atoms with Gasteiger partial charge in [-0.3, -0.25) is 14.9 Å². The summed E-state index contributed by atoms with van der Waals surface area (Å²) in [5.41, 5.74) is 5.69. The Balaban J connectivity index is 2.11. The minimum absolute atomic E-state index is 0.0614. The highest BCUT2D eigenvalue weighted by atomic mass is 19.1. The van der Waals surface area contributed by atoms with Crippen LogP contribution >= 0.6 is 0 Å². The molecular weight excluding hydrogens is 289 g/mol. The van der Waals surface area contributed by atoms with Gasteiger partial charge in [0.15, 0.2) is 0 Å². The molecule has 3 N–H and O–H groups in total. The molecule has 0 saturated carbocycles. The van der Waals surface area contributed by atoms with Crippen molar-refractivity contribution < 1.29 is 14.1 Å². The van der Waals surface area contributed by atoms with Gasteiger partial charge in [-0.15, -0.1) is 0 Å². The second-order valence-electron chi connectivity index (χ2n) is 4.62. The van der Waals surface area contributed by atoms with Gasteiger partial charge >= 0.3 is 0 Å². The average molecular weight is 303 g/mol. The first kappa shape index (κ1) is 15.4. The van der Waals surface area contributed by atoms with Crippen LogP contribution in [0.15, 0.2) is 42.5 Å². The maximum Gasteiger partial charge on any atom is 0.293 e. The lowest BCUT2D eigenvalue weighted by Gasteiger charge is -2.08. The number of rotatable bonds is 6. The third-order valence-corrected chi connectivity index (χ3v) is 3.15. The highest BCUT2D eigenvalue weighted by molar-refractivity contribution is 5.94. The monoisotopic (exact) mass is 303 g/mol. The summed E-state index contributed by atoms with van der Waals surface area (Å²) < 4.78 is 13.5. The Hall–Kier alpha value is -2.96. The number of benzene rings is 2. The van der Waals surface area contributed by atoms with E-state index in [2.05, 4.69) is 5.32 Å². The van der Waals surface area contributed by atoms with Crippen LogP contribution in [0, 0.1) is 15.9 Å². The predicted octanol–water partition coefficient (Wildman–Crippen LogP) is 2.49. The van der Waals surface area contributed by atoms with Crippen molar-refractivity contribution in [3.05, 3.63) is 69.5 Å². The molecule has 0 heterocycles. The van der Waals surface area contributed by atoms with Crippen molar-refractivity contribution >= 4 is 17.3 Å². The normalized spacial score (nSPS) is 10.2. The highest BCUT2D eigenvalue weighted by Gasteiger charge is 2.16. The Morgan fingerprint density at radius 1 is 1.27 bits per heavy atom. The number of hydrogen-bond donors (Lipinski definition) is 2. The zero-order valence-electron chi connectivity index (χ0n) is 11.6. The van der Waals surface area contributed by atoms with Crippen LogP contribution in [0.4, 0.5) is 15.8 Å². The van der Waals surface area contributed by atoms with E-state index in [4.69, 9.17) is 5.73 Å². The second kappa shape index (κ2) is 6.66. The second-order valence-corrected chi connectivity index (χ2v) is 4.62. The Bertz CT molecular complexity index is 719. The molecule has 0 aromatic heterocycles. The molecule has 0 saturated heterocycles. The molecule has 2 aromatic carbocycles. The third-order valence-electron chi connectivity index (χ3n) is 3.15. The molecule has 0 aliphatic carbocycles. The van der Waals surface area contributed by atoms with Gasteiger partial charge in [-0.1, -0.05) is 18.2 Å². The standard InChI is InChI=1S/C15H14FN3O3/c16-12-4-2-1-3-10(12)7-8-18-13-6-5-11(15(17)20)9-14(13)19(21)22/h1-6,9,18H,7-8H2,(H2,17,20). The van der Waals surface area contributed by atoms with Crippen molar-refractivity contribution in [3.8, 4) is 0 Å². The van der Waals surface area contributed by atoms with E-state index >= 15 is 0 Å². The summed E-state index contributed by atoms with van der Waals surface area (Å²) in [7, 11) is 0. The van der Waals surface area contributed by atoms with E-state index < -0.39 is 10.8 Å². The predicted molar refractivity (Wildman–Crippen MR) is 80.2 cm³/mol. The van der Waals surface area contributed by atoms with Crippen LogP contribution in [0.25, 0.3) is 0 Å². The number of anilines is 1. The minimum atomic E-state index is -0.735. The van der Waals surface area contributed by atoms with E-state index in [-0.39, 0.29) is 22.8 Å². The summed E-state index contributed by atoms with van der Waals surface area (Å²) in [6.07, 6.45) is 0.376. The molecule has 22 heavy (non-hydrogen) atoms. The van der Waals surface area contributed by atoms with Crippen molar-refractivity contribution in [1.82, 2.24) is 0 Å². The van der Waals surface area contributed by atoms with Gasteiger partial charge in [0.1, 0.15) is 11.5 Å². The lowest BCUT2D eigenvalue weighted by molar-refractivity contribution is -0.384. The fourth-order valence-electron chi connectivity index (χ4n) is 2.02. The van der Waals surface area contributed by atoms with Gasteiger partial charge < -0.3 is 11.1 Å². The molecule has 7 heteroatoms.